The minimum atomic E-state index is 0.0634. The number of rotatable bonds is 3. The molecule has 2 nitrogen and oxygen atoms in total. The second kappa shape index (κ2) is 8.30. The third kappa shape index (κ3) is 9.29. The Morgan fingerprint density at radius 2 is 1.60 bits per heavy atom. The number of aryl methyl sites for hydroxylation is 1. The van der Waals surface area contributed by atoms with Crippen molar-refractivity contribution in [2.75, 3.05) is 13.2 Å². The van der Waals surface area contributed by atoms with Gasteiger partial charge in [-0.1, -0.05) is 38.5 Å². The van der Waals surface area contributed by atoms with Crippen molar-refractivity contribution in [3.63, 3.8) is 0 Å². The fourth-order valence-electron chi connectivity index (χ4n) is 0.798. The van der Waals surface area contributed by atoms with Crippen molar-refractivity contribution in [1.82, 2.24) is 0 Å². The Kier molecular flexibility index (Phi) is 7.74. The SMILES string of the molecule is CC(C)C.Cc1ccc(OCCO)cc1. The molecule has 0 unspecified atom stereocenters. The number of hydrogen-bond donors (Lipinski definition) is 1. The molecule has 1 aromatic carbocycles. The fraction of sp³-hybridized carbons (Fsp3) is 0.538. The Bertz CT molecular complexity index is 236. The molecule has 0 aliphatic carbocycles. The van der Waals surface area contributed by atoms with E-state index in [0.717, 1.165) is 11.7 Å². The molecule has 15 heavy (non-hydrogen) atoms. The van der Waals surface area contributed by atoms with Gasteiger partial charge in [-0.25, -0.2) is 0 Å². The van der Waals surface area contributed by atoms with Gasteiger partial charge in [-0.2, -0.15) is 0 Å². The van der Waals surface area contributed by atoms with Crippen LogP contribution in [0.5, 0.6) is 5.75 Å². The van der Waals surface area contributed by atoms with E-state index < -0.39 is 0 Å². The van der Waals surface area contributed by atoms with Crippen LogP contribution in [0.3, 0.4) is 0 Å². The van der Waals surface area contributed by atoms with Gasteiger partial charge in [-0.05, 0) is 25.0 Å². The van der Waals surface area contributed by atoms with Crippen LogP contribution in [0.1, 0.15) is 26.3 Å². The Labute approximate surface area is 92.9 Å². The van der Waals surface area contributed by atoms with Gasteiger partial charge in [0.05, 0.1) is 6.61 Å². The van der Waals surface area contributed by atoms with Crippen LogP contribution in [0.15, 0.2) is 24.3 Å². The average molecular weight is 210 g/mol. The lowest BCUT2D eigenvalue weighted by Gasteiger charge is -2.02. The maximum atomic E-state index is 8.46. The predicted octanol–water partition coefficient (Wildman–Crippen LogP) is 3.03. The highest BCUT2D eigenvalue weighted by atomic mass is 16.5. The third-order valence-electron chi connectivity index (χ3n) is 1.38. The van der Waals surface area contributed by atoms with Crippen molar-refractivity contribution in [3.8, 4) is 5.75 Å². The summed E-state index contributed by atoms with van der Waals surface area (Å²) in [6.45, 7) is 8.95. The first-order chi connectivity index (χ1) is 7.06. The van der Waals surface area contributed by atoms with E-state index in [4.69, 9.17) is 9.84 Å². The molecule has 2 heteroatoms. The van der Waals surface area contributed by atoms with Gasteiger partial charge in [0.1, 0.15) is 12.4 Å². The Balaban J connectivity index is 0.000000423. The summed E-state index contributed by atoms with van der Waals surface area (Å²) in [6.07, 6.45) is 0. The van der Waals surface area contributed by atoms with Crippen molar-refractivity contribution in [2.24, 2.45) is 5.92 Å². The van der Waals surface area contributed by atoms with Crippen LogP contribution in [0.2, 0.25) is 0 Å². The predicted molar refractivity (Wildman–Crippen MR) is 64.3 cm³/mol. The number of ether oxygens (including phenoxy) is 1. The first-order valence-electron chi connectivity index (χ1n) is 5.36. The van der Waals surface area contributed by atoms with E-state index in [-0.39, 0.29) is 6.61 Å². The van der Waals surface area contributed by atoms with Crippen molar-refractivity contribution in [1.29, 1.82) is 0 Å². The van der Waals surface area contributed by atoms with Crippen LogP contribution in [0.4, 0.5) is 0 Å². The monoisotopic (exact) mass is 210 g/mol. The number of benzene rings is 1. The lowest BCUT2D eigenvalue weighted by atomic mass is 10.2. The van der Waals surface area contributed by atoms with E-state index in [2.05, 4.69) is 20.8 Å². The second-order valence-corrected chi connectivity index (χ2v) is 4.12. The largest absolute Gasteiger partial charge is 0.491 e. The Morgan fingerprint density at radius 3 is 2.00 bits per heavy atom. The van der Waals surface area contributed by atoms with Crippen molar-refractivity contribution in [2.45, 2.75) is 27.7 Å². The maximum absolute atomic E-state index is 8.46. The third-order valence-corrected chi connectivity index (χ3v) is 1.38. The van der Waals surface area contributed by atoms with Crippen molar-refractivity contribution < 1.29 is 9.84 Å². The summed E-state index contributed by atoms with van der Waals surface area (Å²) >= 11 is 0. The smallest absolute Gasteiger partial charge is 0.119 e. The highest BCUT2D eigenvalue weighted by Gasteiger charge is 1.90. The van der Waals surface area contributed by atoms with Gasteiger partial charge in [-0.3, -0.25) is 0 Å². The number of hydrogen-bond acceptors (Lipinski definition) is 2. The zero-order valence-corrected chi connectivity index (χ0v) is 10.2. The molecular formula is C13H22O2. The molecule has 0 fully saturated rings. The molecule has 0 amide bonds. The number of aliphatic hydroxyl groups is 1. The zero-order valence-electron chi connectivity index (χ0n) is 10.2. The Hall–Kier alpha value is -1.02. The second-order valence-electron chi connectivity index (χ2n) is 4.12. The van der Waals surface area contributed by atoms with Gasteiger partial charge in [0.25, 0.3) is 0 Å². The van der Waals surface area contributed by atoms with Crippen LogP contribution in [-0.4, -0.2) is 18.3 Å². The molecule has 0 atom stereocenters. The lowest BCUT2D eigenvalue weighted by molar-refractivity contribution is 0.201. The molecule has 1 rings (SSSR count). The van der Waals surface area contributed by atoms with E-state index in [9.17, 15) is 0 Å². The molecular weight excluding hydrogens is 188 g/mol. The van der Waals surface area contributed by atoms with Gasteiger partial charge in [-0.15, -0.1) is 0 Å². The summed E-state index contributed by atoms with van der Waals surface area (Å²) < 4.78 is 5.16. The summed E-state index contributed by atoms with van der Waals surface area (Å²) in [7, 11) is 0. The molecule has 1 N–H and O–H groups in total. The molecule has 0 heterocycles. The molecule has 0 bridgehead atoms. The topological polar surface area (TPSA) is 29.5 Å². The van der Waals surface area contributed by atoms with Crippen LogP contribution >= 0.6 is 0 Å². The highest BCUT2D eigenvalue weighted by Crippen LogP contribution is 2.10. The summed E-state index contributed by atoms with van der Waals surface area (Å²) in [6, 6.07) is 7.75. The van der Waals surface area contributed by atoms with Crippen molar-refractivity contribution in [3.05, 3.63) is 29.8 Å². The Morgan fingerprint density at radius 1 is 1.13 bits per heavy atom. The van der Waals surface area contributed by atoms with E-state index in [0.29, 0.717) is 6.61 Å². The van der Waals surface area contributed by atoms with Crippen LogP contribution in [0, 0.1) is 12.8 Å². The average Bonchev–Trinajstić information content (AvgIpc) is 2.16. The van der Waals surface area contributed by atoms with E-state index in [1.807, 2.05) is 31.2 Å². The summed E-state index contributed by atoms with van der Waals surface area (Å²) in [5, 5.41) is 8.46. The molecule has 86 valence electrons. The molecule has 0 saturated carbocycles. The first-order valence-corrected chi connectivity index (χ1v) is 5.36. The van der Waals surface area contributed by atoms with Crippen molar-refractivity contribution >= 4 is 0 Å². The van der Waals surface area contributed by atoms with E-state index in [1.54, 1.807) is 0 Å². The molecule has 1 aromatic rings. The molecule has 0 aliphatic heterocycles. The van der Waals surface area contributed by atoms with Gasteiger partial charge < -0.3 is 9.84 Å². The van der Waals surface area contributed by atoms with E-state index in [1.165, 1.54) is 5.56 Å². The van der Waals surface area contributed by atoms with Gasteiger partial charge in [0.15, 0.2) is 0 Å². The molecule has 0 spiro atoms. The van der Waals surface area contributed by atoms with Crippen LogP contribution < -0.4 is 4.74 Å². The summed E-state index contributed by atoms with van der Waals surface area (Å²) in [5.74, 6) is 1.64. The molecule has 0 radical (unpaired) electrons. The van der Waals surface area contributed by atoms with E-state index >= 15 is 0 Å². The number of aliphatic hydroxyl groups excluding tert-OH is 1. The lowest BCUT2D eigenvalue weighted by Crippen LogP contribution is -2.01. The summed E-state index contributed by atoms with van der Waals surface area (Å²) in [4.78, 5) is 0. The van der Waals surface area contributed by atoms with Gasteiger partial charge >= 0.3 is 0 Å². The standard InChI is InChI=1S/C9H12O2.C4H10/c1-8-2-4-9(5-3-8)11-7-6-10;1-4(2)3/h2-5,10H,6-7H2,1H3;4H,1-3H3. The molecule has 0 aromatic heterocycles. The minimum Gasteiger partial charge on any atom is -0.491 e. The first kappa shape index (κ1) is 14.0. The highest BCUT2D eigenvalue weighted by molar-refractivity contribution is 5.26. The maximum Gasteiger partial charge on any atom is 0.119 e. The van der Waals surface area contributed by atoms with Gasteiger partial charge in [0, 0.05) is 0 Å². The molecule has 0 saturated heterocycles. The van der Waals surface area contributed by atoms with Crippen LogP contribution in [-0.2, 0) is 0 Å². The quantitative estimate of drug-likeness (QED) is 0.831. The van der Waals surface area contributed by atoms with Gasteiger partial charge in [0.2, 0.25) is 0 Å². The van der Waals surface area contributed by atoms with Crippen LogP contribution in [0.25, 0.3) is 0 Å². The summed E-state index contributed by atoms with van der Waals surface area (Å²) in [5.41, 5.74) is 1.21. The minimum absolute atomic E-state index is 0.0634. The zero-order chi connectivity index (χ0) is 11.7. The molecule has 0 aliphatic rings. The fourth-order valence-corrected chi connectivity index (χ4v) is 0.798. The normalized spacial score (nSPS) is 9.47.